The number of aryl methyl sites for hydroxylation is 1. The molecule has 3 heteroatoms. The topological polar surface area (TPSA) is 46.5 Å². The van der Waals surface area contributed by atoms with Crippen molar-refractivity contribution >= 4 is 5.97 Å². The predicted molar refractivity (Wildman–Crippen MR) is 171 cm³/mol. The van der Waals surface area contributed by atoms with Gasteiger partial charge in [-0.1, -0.05) is 89.3 Å². The average molecular weight is 559 g/mol. The van der Waals surface area contributed by atoms with Crippen LogP contribution in [0.25, 0.3) is 11.1 Å². The molecule has 2 aromatic rings. The lowest BCUT2D eigenvalue weighted by Gasteiger charge is -2.38. The molecule has 2 fully saturated rings. The maximum absolute atomic E-state index is 12.0. The van der Waals surface area contributed by atoms with E-state index in [9.17, 15) is 9.90 Å². The van der Waals surface area contributed by atoms with Crippen molar-refractivity contribution in [2.24, 2.45) is 17.8 Å². The normalized spacial score (nSPS) is 22.8. The molecule has 0 atom stereocenters. The maximum atomic E-state index is 12.0. The summed E-state index contributed by atoms with van der Waals surface area (Å²) in [4.78, 5) is 12.0. The highest BCUT2D eigenvalue weighted by Crippen LogP contribution is 2.45. The predicted octanol–water partition coefficient (Wildman–Crippen LogP) is 9.73. The smallest absolute Gasteiger partial charge is 0.333 e. The summed E-state index contributed by atoms with van der Waals surface area (Å²) >= 11 is 0. The first-order chi connectivity index (χ1) is 19.9. The summed E-state index contributed by atoms with van der Waals surface area (Å²) in [5.41, 5.74) is 7.65. The van der Waals surface area contributed by atoms with Crippen LogP contribution >= 0.6 is 0 Å². The van der Waals surface area contributed by atoms with Crippen LogP contribution < -0.4 is 0 Å². The Morgan fingerprint density at radius 3 is 2.22 bits per heavy atom. The van der Waals surface area contributed by atoms with Gasteiger partial charge in [0.25, 0.3) is 0 Å². The van der Waals surface area contributed by atoms with E-state index in [0.29, 0.717) is 17.9 Å². The second kappa shape index (κ2) is 15.7. The number of benzene rings is 2. The van der Waals surface area contributed by atoms with Gasteiger partial charge in [0.15, 0.2) is 0 Å². The fourth-order valence-electron chi connectivity index (χ4n) is 7.56. The number of ether oxygens (including phenoxy) is 1. The Bertz CT molecular complexity index is 1130. The molecule has 0 saturated heterocycles. The molecule has 1 N–H and O–H groups in total. The van der Waals surface area contributed by atoms with E-state index in [4.69, 9.17) is 4.74 Å². The molecule has 4 rings (SSSR count). The minimum absolute atomic E-state index is 0.0677. The van der Waals surface area contributed by atoms with Gasteiger partial charge in [-0.15, -0.1) is 0 Å². The van der Waals surface area contributed by atoms with E-state index in [1.165, 1.54) is 93.7 Å². The molecule has 0 bridgehead atoms. The zero-order valence-electron chi connectivity index (χ0n) is 26.1. The van der Waals surface area contributed by atoms with Crippen molar-refractivity contribution in [2.45, 2.75) is 123 Å². The number of aliphatic hydroxyl groups is 1. The maximum Gasteiger partial charge on any atom is 0.333 e. The van der Waals surface area contributed by atoms with Gasteiger partial charge >= 0.3 is 5.97 Å². The fraction of sp³-hybridized carbons (Fsp3) is 0.605. The van der Waals surface area contributed by atoms with Gasteiger partial charge in [-0.05, 0) is 121 Å². The van der Waals surface area contributed by atoms with Crippen LogP contribution in [0.1, 0.15) is 126 Å². The molecule has 2 aliphatic rings. The third-order valence-electron chi connectivity index (χ3n) is 10.1. The molecule has 3 nitrogen and oxygen atoms in total. The third-order valence-corrected chi connectivity index (χ3v) is 10.1. The average Bonchev–Trinajstić information content (AvgIpc) is 3.00. The van der Waals surface area contributed by atoms with Crippen LogP contribution in [0.2, 0.25) is 0 Å². The van der Waals surface area contributed by atoms with Crippen molar-refractivity contribution in [3.63, 3.8) is 0 Å². The highest BCUT2D eigenvalue weighted by Gasteiger charge is 2.31. The van der Waals surface area contributed by atoms with E-state index >= 15 is 0 Å². The molecule has 224 valence electrons. The minimum atomic E-state index is -0.381. The number of unbranched alkanes of at least 4 members (excludes halogenated alkanes) is 2. The zero-order chi connectivity index (χ0) is 29.2. The van der Waals surface area contributed by atoms with Gasteiger partial charge in [-0.2, -0.15) is 0 Å². The summed E-state index contributed by atoms with van der Waals surface area (Å²) in [5, 5.41) is 9.55. The van der Waals surface area contributed by atoms with Crippen molar-refractivity contribution < 1.29 is 14.6 Å². The molecule has 0 spiro atoms. The second-order valence-electron chi connectivity index (χ2n) is 13.0. The van der Waals surface area contributed by atoms with Crippen molar-refractivity contribution in [2.75, 3.05) is 6.61 Å². The summed E-state index contributed by atoms with van der Waals surface area (Å²) in [6.45, 7) is 10.2. The number of esters is 1. The van der Waals surface area contributed by atoms with E-state index in [1.54, 1.807) is 6.92 Å². The van der Waals surface area contributed by atoms with E-state index in [2.05, 4.69) is 56.8 Å². The van der Waals surface area contributed by atoms with Crippen LogP contribution in [-0.2, 0) is 29.0 Å². The van der Waals surface area contributed by atoms with Crippen molar-refractivity contribution in [1.82, 2.24) is 0 Å². The number of hydrogen-bond donors (Lipinski definition) is 1. The van der Waals surface area contributed by atoms with Crippen molar-refractivity contribution in [3.8, 4) is 11.1 Å². The molecule has 0 heterocycles. The van der Waals surface area contributed by atoms with Gasteiger partial charge in [-0.3, -0.25) is 0 Å². The van der Waals surface area contributed by atoms with E-state index < -0.39 is 0 Å². The highest BCUT2D eigenvalue weighted by molar-refractivity contribution is 5.87. The van der Waals surface area contributed by atoms with Gasteiger partial charge in [-0.25, -0.2) is 4.79 Å². The molecule has 2 aromatic carbocycles. The first kappa shape index (κ1) is 31.5. The molecule has 0 radical (unpaired) electrons. The molecule has 0 aliphatic heterocycles. The largest absolute Gasteiger partial charge is 0.457 e. The Balaban J connectivity index is 1.39. The summed E-state index contributed by atoms with van der Waals surface area (Å²) < 4.78 is 5.48. The van der Waals surface area contributed by atoms with Gasteiger partial charge < -0.3 is 9.84 Å². The van der Waals surface area contributed by atoms with Crippen molar-refractivity contribution in [1.29, 1.82) is 0 Å². The van der Waals surface area contributed by atoms with Crippen LogP contribution in [0.3, 0.4) is 0 Å². The Labute approximate surface area is 249 Å². The van der Waals surface area contributed by atoms with Crippen LogP contribution in [-0.4, -0.2) is 17.7 Å². The number of carbonyl (C=O) groups is 1. The lowest BCUT2D eigenvalue weighted by Crippen LogP contribution is -2.25. The van der Waals surface area contributed by atoms with Crippen LogP contribution in [0.15, 0.2) is 48.6 Å². The van der Waals surface area contributed by atoms with Crippen LogP contribution in [0.4, 0.5) is 0 Å². The van der Waals surface area contributed by atoms with Gasteiger partial charge in [0.2, 0.25) is 0 Å². The lowest BCUT2D eigenvalue weighted by molar-refractivity contribution is -0.140. The van der Waals surface area contributed by atoms with Crippen molar-refractivity contribution in [3.05, 3.63) is 70.8 Å². The number of rotatable bonds is 13. The lowest BCUT2D eigenvalue weighted by atomic mass is 9.68. The fourth-order valence-corrected chi connectivity index (χ4v) is 7.56. The summed E-state index contributed by atoms with van der Waals surface area (Å²) in [7, 11) is 0. The molecule has 2 aliphatic carbocycles. The number of carbonyl (C=O) groups excluding carboxylic acids is 1. The monoisotopic (exact) mass is 558 g/mol. The Morgan fingerprint density at radius 2 is 1.59 bits per heavy atom. The molecule has 0 unspecified atom stereocenters. The molecular weight excluding hydrogens is 504 g/mol. The molecule has 0 amide bonds. The zero-order valence-corrected chi connectivity index (χ0v) is 26.1. The minimum Gasteiger partial charge on any atom is -0.457 e. The SMILES string of the molecule is C=C(C)C(=O)OCc1cc(-c2ccc(C3CCC(C4CCC(CCCCC)CC4)CC3)cc2CC)ccc1CCO. The molecule has 41 heavy (non-hydrogen) atoms. The summed E-state index contributed by atoms with van der Waals surface area (Å²) in [5.74, 6) is 3.23. The van der Waals surface area contributed by atoms with E-state index in [0.717, 1.165) is 40.9 Å². The number of hydrogen-bond acceptors (Lipinski definition) is 3. The van der Waals surface area contributed by atoms with Crippen LogP contribution in [0, 0.1) is 17.8 Å². The molecular formula is C38H54O3. The van der Waals surface area contributed by atoms with E-state index in [1.807, 2.05) is 0 Å². The van der Waals surface area contributed by atoms with Gasteiger partial charge in [0.1, 0.15) is 6.61 Å². The summed E-state index contributed by atoms with van der Waals surface area (Å²) in [6, 6.07) is 13.5. The molecule has 2 saturated carbocycles. The molecule has 0 aromatic heterocycles. The highest BCUT2D eigenvalue weighted by atomic mass is 16.5. The standard InChI is InChI=1S/C38H54O3/c1-5-7-8-9-28-10-12-30(13-11-28)31-14-16-32(17-15-31)34-20-21-37(29(6-2)24-34)35-19-18-33(22-23-39)36(25-35)26-41-38(40)27(3)4/h18-21,24-25,28,30-32,39H,3,5-17,22-23,26H2,1-2,4H3. The van der Waals surface area contributed by atoms with E-state index in [-0.39, 0.29) is 19.2 Å². The number of aliphatic hydroxyl groups excluding tert-OH is 1. The van der Waals surface area contributed by atoms with Gasteiger partial charge in [0.05, 0.1) is 0 Å². The quantitative estimate of drug-likeness (QED) is 0.151. The Kier molecular flexibility index (Phi) is 12.1. The Morgan fingerprint density at radius 1 is 0.878 bits per heavy atom. The Hall–Kier alpha value is -2.39. The van der Waals surface area contributed by atoms with Gasteiger partial charge in [0, 0.05) is 12.2 Å². The third kappa shape index (κ3) is 8.57. The summed E-state index contributed by atoms with van der Waals surface area (Å²) in [6.07, 6.45) is 18.6. The first-order valence-corrected chi connectivity index (χ1v) is 16.6. The second-order valence-corrected chi connectivity index (χ2v) is 13.0. The first-order valence-electron chi connectivity index (χ1n) is 16.6. The van der Waals surface area contributed by atoms with Crippen LogP contribution in [0.5, 0.6) is 0 Å².